The first-order valence-electron chi connectivity index (χ1n) is 6.18. The fourth-order valence-corrected chi connectivity index (χ4v) is 2.67. The summed E-state index contributed by atoms with van der Waals surface area (Å²) in [6, 6.07) is 9.08. The van der Waals surface area contributed by atoms with Crippen molar-refractivity contribution in [3.63, 3.8) is 0 Å². The molecule has 1 atom stereocenters. The number of nitrogens with two attached hydrogens (primary N) is 1. The van der Waals surface area contributed by atoms with Gasteiger partial charge >= 0.3 is 0 Å². The monoisotopic (exact) mass is 290 g/mol. The second-order valence-corrected chi connectivity index (χ2v) is 5.20. The Bertz CT molecular complexity index is 702. The molecule has 1 aliphatic heterocycles. The topological polar surface area (TPSA) is 55.1 Å². The number of benzene rings is 2. The van der Waals surface area contributed by atoms with Gasteiger partial charge in [-0.2, -0.15) is 0 Å². The van der Waals surface area contributed by atoms with Crippen LogP contribution < -0.4 is 11.1 Å². The fraction of sp³-hybridized carbons (Fsp3) is 0.133. The summed E-state index contributed by atoms with van der Waals surface area (Å²) in [5.74, 6) is -0.403. The van der Waals surface area contributed by atoms with Gasteiger partial charge in [0.15, 0.2) is 0 Å². The highest BCUT2D eigenvalue weighted by atomic mass is 35.5. The highest BCUT2D eigenvalue weighted by Crippen LogP contribution is 2.34. The zero-order valence-electron chi connectivity index (χ0n) is 10.5. The van der Waals surface area contributed by atoms with E-state index in [4.69, 9.17) is 17.3 Å². The summed E-state index contributed by atoms with van der Waals surface area (Å²) in [4.78, 5) is 11.4. The first-order valence-corrected chi connectivity index (χ1v) is 6.55. The molecule has 3 N–H and O–H groups in total. The van der Waals surface area contributed by atoms with E-state index in [1.807, 2.05) is 6.07 Å². The summed E-state index contributed by atoms with van der Waals surface area (Å²) in [5.41, 5.74) is 9.07. The van der Waals surface area contributed by atoms with E-state index in [2.05, 4.69) is 5.32 Å². The van der Waals surface area contributed by atoms with Crippen molar-refractivity contribution in [3.05, 3.63) is 63.9 Å². The van der Waals surface area contributed by atoms with Gasteiger partial charge in [0.25, 0.3) is 0 Å². The van der Waals surface area contributed by atoms with Crippen molar-refractivity contribution >= 4 is 23.2 Å². The van der Waals surface area contributed by atoms with E-state index in [1.165, 1.54) is 12.1 Å². The molecule has 0 aliphatic carbocycles. The Hall–Kier alpha value is -1.91. The van der Waals surface area contributed by atoms with Gasteiger partial charge in [0.2, 0.25) is 5.91 Å². The summed E-state index contributed by atoms with van der Waals surface area (Å²) < 4.78 is 13.3. The molecule has 1 unspecified atom stereocenters. The summed E-state index contributed by atoms with van der Waals surface area (Å²) in [5, 5.41) is 3.19. The van der Waals surface area contributed by atoms with Crippen LogP contribution in [0.15, 0.2) is 36.4 Å². The lowest BCUT2D eigenvalue weighted by Crippen LogP contribution is -2.13. The maximum absolute atomic E-state index is 13.3. The molecule has 2 aromatic carbocycles. The predicted octanol–water partition coefficient (Wildman–Crippen LogP) is 3.02. The van der Waals surface area contributed by atoms with Crippen molar-refractivity contribution < 1.29 is 9.18 Å². The average Bonchev–Trinajstić information content (AvgIpc) is 2.76. The summed E-state index contributed by atoms with van der Waals surface area (Å²) in [6.07, 6.45) is 0.315. The van der Waals surface area contributed by atoms with Gasteiger partial charge in [-0.15, -0.1) is 0 Å². The minimum absolute atomic E-state index is 0.0625. The zero-order chi connectivity index (χ0) is 14.3. The van der Waals surface area contributed by atoms with E-state index in [9.17, 15) is 9.18 Å². The molecule has 0 fully saturated rings. The minimum Gasteiger partial charge on any atom is -0.325 e. The van der Waals surface area contributed by atoms with E-state index < -0.39 is 6.04 Å². The van der Waals surface area contributed by atoms with Crippen LogP contribution in [0.4, 0.5) is 10.1 Å². The predicted molar refractivity (Wildman–Crippen MR) is 76.2 cm³/mol. The molecule has 0 spiro atoms. The van der Waals surface area contributed by atoms with Crippen LogP contribution in [0.2, 0.25) is 5.02 Å². The molecule has 3 nitrogen and oxygen atoms in total. The smallest absolute Gasteiger partial charge is 0.228 e. The van der Waals surface area contributed by atoms with Gasteiger partial charge < -0.3 is 11.1 Å². The normalized spacial score (nSPS) is 14.8. The van der Waals surface area contributed by atoms with Crippen LogP contribution in [0.3, 0.4) is 0 Å². The molecule has 0 saturated heterocycles. The largest absolute Gasteiger partial charge is 0.325 e. The van der Waals surface area contributed by atoms with E-state index in [1.54, 1.807) is 18.2 Å². The highest BCUT2D eigenvalue weighted by molar-refractivity contribution is 6.32. The molecule has 102 valence electrons. The third-order valence-electron chi connectivity index (χ3n) is 3.39. The Kier molecular flexibility index (Phi) is 3.20. The number of carbonyl (C=O) groups is 1. The second kappa shape index (κ2) is 4.89. The van der Waals surface area contributed by atoms with Crippen LogP contribution in [0, 0.1) is 5.82 Å². The van der Waals surface area contributed by atoms with E-state index in [0.29, 0.717) is 22.6 Å². The SMILES string of the molecule is NC(c1cccc(F)c1)c1cc2c(cc1Cl)NC(=O)C2. The van der Waals surface area contributed by atoms with E-state index in [-0.39, 0.29) is 11.7 Å². The lowest BCUT2D eigenvalue weighted by atomic mass is 9.97. The maximum atomic E-state index is 13.3. The average molecular weight is 291 g/mol. The summed E-state index contributed by atoms with van der Waals surface area (Å²) >= 11 is 6.22. The number of carbonyl (C=O) groups excluding carboxylic acids is 1. The minimum atomic E-state index is -0.529. The molecule has 1 heterocycles. The number of rotatable bonds is 2. The molecule has 0 radical (unpaired) electrons. The van der Waals surface area contributed by atoms with Crippen LogP contribution in [0.25, 0.3) is 0 Å². The van der Waals surface area contributed by atoms with Crippen molar-refractivity contribution in [2.45, 2.75) is 12.5 Å². The first-order chi connectivity index (χ1) is 9.54. The van der Waals surface area contributed by atoms with Gasteiger partial charge in [-0.05, 0) is 41.0 Å². The van der Waals surface area contributed by atoms with Crippen LogP contribution in [-0.2, 0) is 11.2 Å². The van der Waals surface area contributed by atoms with Crippen molar-refractivity contribution in [2.24, 2.45) is 5.73 Å². The third kappa shape index (κ3) is 2.28. The summed E-state index contributed by atoms with van der Waals surface area (Å²) in [7, 11) is 0. The molecule has 0 aromatic heterocycles. The van der Waals surface area contributed by atoms with Crippen molar-refractivity contribution in [1.29, 1.82) is 0 Å². The maximum Gasteiger partial charge on any atom is 0.228 e. The van der Waals surface area contributed by atoms with Gasteiger partial charge in [0.05, 0.1) is 12.5 Å². The molecular formula is C15H12ClFN2O. The molecule has 1 amide bonds. The molecule has 1 aliphatic rings. The van der Waals surface area contributed by atoms with E-state index in [0.717, 1.165) is 11.3 Å². The lowest BCUT2D eigenvalue weighted by molar-refractivity contribution is -0.115. The Morgan fingerprint density at radius 3 is 2.85 bits per heavy atom. The van der Waals surface area contributed by atoms with Crippen LogP contribution in [0.1, 0.15) is 22.7 Å². The molecule has 0 bridgehead atoms. The number of amides is 1. The Morgan fingerprint density at radius 1 is 1.30 bits per heavy atom. The number of nitrogens with one attached hydrogen (secondary N) is 1. The quantitative estimate of drug-likeness (QED) is 0.893. The number of hydrogen-bond donors (Lipinski definition) is 2. The molecule has 2 aromatic rings. The zero-order valence-corrected chi connectivity index (χ0v) is 11.2. The van der Waals surface area contributed by atoms with Gasteiger partial charge in [0.1, 0.15) is 5.82 Å². The van der Waals surface area contributed by atoms with Crippen molar-refractivity contribution in [2.75, 3.05) is 5.32 Å². The standard InChI is InChI=1S/C15H12ClFN2O/c16-12-7-13-9(6-14(20)19-13)5-11(12)15(18)8-2-1-3-10(17)4-8/h1-5,7,15H,6,18H2,(H,19,20). The van der Waals surface area contributed by atoms with Gasteiger partial charge in [-0.25, -0.2) is 4.39 Å². The van der Waals surface area contributed by atoms with Gasteiger partial charge in [0, 0.05) is 10.7 Å². The second-order valence-electron chi connectivity index (χ2n) is 4.79. The molecular weight excluding hydrogens is 279 g/mol. The number of anilines is 1. The number of fused-ring (bicyclic) bond motifs is 1. The van der Waals surface area contributed by atoms with Gasteiger partial charge in [-0.1, -0.05) is 23.7 Å². The molecule has 5 heteroatoms. The number of hydrogen-bond acceptors (Lipinski definition) is 2. The Balaban J connectivity index is 2.02. The molecule has 3 rings (SSSR count). The Morgan fingerprint density at radius 2 is 2.10 bits per heavy atom. The van der Waals surface area contributed by atoms with E-state index >= 15 is 0 Å². The molecule has 20 heavy (non-hydrogen) atoms. The van der Waals surface area contributed by atoms with Crippen molar-refractivity contribution in [1.82, 2.24) is 0 Å². The van der Waals surface area contributed by atoms with Crippen molar-refractivity contribution in [3.8, 4) is 0 Å². The number of halogens is 2. The first kappa shape index (κ1) is 13.1. The van der Waals surface area contributed by atoms with Crippen LogP contribution in [0.5, 0.6) is 0 Å². The van der Waals surface area contributed by atoms with Crippen LogP contribution in [-0.4, -0.2) is 5.91 Å². The Labute approximate surface area is 120 Å². The highest BCUT2D eigenvalue weighted by Gasteiger charge is 2.22. The summed E-state index contributed by atoms with van der Waals surface area (Å²) in [6.45, 7) is 0. The lowest BCUT2D eigenvalue weighted by Gasteiger charge is -2.15. The van der Waals surface area contributed by atoms with Crippen LogP contribution >= 0.6 is 11.6 Å². The third-order valence-corrected chi connectivity index (χ3v) is 3.72. The van der Waals surface area contributed by atoms with Gasteiger partial charge in [-0.3, -0.25) is 4.79 Å². The molecule has 0 saturated carbocycles. The fourth-order valence-electron chi connectivity index (χ4n) is 2.39.